The predicted molar refractivity (Wildman–Crippen MR) is 68.3 cm³/mol. The van der Waals surface area contributed by atoms with Gasteiger partial charge in [0.05, 0.1) is 12.8 Å². The smallest absolute Gasteiger partial charge is 0.197 e. The molecule has 0 aliphatic rings. The zero-order valence-corrected chi connectivity index (χ0v) is 10.8. The summed E-state index contributed by atoms with van der Waals surface area (Å²) in [5.41, 5.74) is 4.70. The van der Waals surface area contributed by atoms with Gasteiger partial charge in [0.1, 0.15) is 5.01 Å². The molecule has 16 heavy (non-hydrogen) atoms. The Morgan fingerprint density at radius 2 is 1.94 bits per heavy atom. The van der Waals surface area contributed by atoms with Crippen molar-refractivity contribution in [2.24, 2.45) is 0 Å². The number of hydrogen-bond donors (Lipinski definition) is 0. The number of aromatic nitrogens is 1. The lowest BCUT2D eigenvalue weighted by Crippen LogP contribution is -1.84. The molecule has 1 aromatic carbocycles. The number of benzene rings is 1. The van der Waals surface area contributed by atoms with Crippen molar-refractivity contribution in [3.05, 3.63) is 35.0 Å². The van der Waals surface area contributed by atoms with Crippen LogP contribution in [0.15, 0.2) is 18.2 Å². The molecule has 0 amide bonds. The predicted octanol–water partition coefficient (Wildman–Crippen LogP) is 3.74. The number of rotatable bonds is 2. The molecule has 2 aromatic rings. The molecule has 2 rings (SSSR count). The van der Waals surface area contributed by atoms with Gasteiger partial charge < -0.3 is 4.74 Å². The molecular formula is C13H15NOS. The van der Waals surface area contributed by atoms with Crippen LogP contribution in [0.4, 0.5) is 0 Å². The largest absolute Gasteiger partial charge is 0.486 e. The highest BCUT2D eigenvalue weighted by Gasteiger charge is 2.11. The first-order chi connectivity index (χ1) is 7.61. The van der Waals surface area contributed by atoms with E-state index in [0.29, 0.717) is 0 Å². The number of nitrogens with zero attached hydrogens (tertiary/aromatic N) is 1. The van der Waals surface area contributed by atoms with Gasteiger partial charge in [-0.25, -0.2) is 4.98 Å². The monoisotopic (exact) mass is 233 g/mol. The Bertz CT molecular complexity index is 517. The third-order valence-electron chi connectivity index (χ3n) is 2.55. The van der Waals surface area contributed by atoms with Gasteiger partial charge in [-0.1, -0.05) is 35.1 Å². The minimum absolute atomic E-state index is 0.898. The fraction of sp³-hybridized carbons (Fsp3) is 0.308. The standard InChI is InChI=1S/C13H15NOS/c1-8-5-6-11(9(2)7-8)12-14-10(3)13(15-4)16-12/h5-7H,1-4H3. The molecule has 0 radical (unpaired) electrons. The van der Waals surface area contributed by atoms with Gasteiger partial charge in [0.15, 0.2) is 5.06 Å². The lowest BCUT2D eigenvalue weighted by molar-refractivity contribution is 0.423. The molecule has 0 atom stereocenters. The Morgan fingerprint density at radius 3 is 2.50 bits per heavy atom. The van der Waals surface area contributed by atoms with E-state index in [2.05, 4.69) is 37.0 Å². The molecule has 1 aromatic heterocycles. The number of aryl methyl sites for hydroxylation is 3. The third-order valence-corrected chi connectivity index (χ3v) is 3.70. The molecule has 0 N–H and O–H groups in total. The van der Waals surface area contributed by atoms with Gasteiger partial charge in [-0.2, -0.15) is 0 Å². The average Bonchev–Trinajstić information content (AvgIpc) is 2.59. The molecule has 0 spiro atoms. The van der Waals surface area contributed by atoms with Crippen molar-refractivity contribution in [1.82, 2.24) is 4.98 Å². The van der Waals surface area contributed by atoms with E-state index in [-0.39, 0.29) is 0 Å². The quantitative estimate of drug-likeness (QED) is 0.788. The summed E-state index contributed by atoms with van der Waals surface area (Å²) in [5, 5.41) is 1.93. The molecule has 84 valence electrons. The van der Waals surface area contributed by atoms with Crippen molar-refractivity contribution in [1.29, 1.82) is 0 Å². The van der Waals surface area contributed by atoms with Crippen LogP contribution < -0.4 is 4.74 Å². The molecule has 0 aliphatic heterocycles. The highest BCUT2D eigenvalue weighted by molar-refractivity contribution is 7.17. The van der Waals surface area contributed by atoms with Crippen molar-refractivity contribution in [2.75, 3.05) is 7.11 Å². The van der Waals surface area contributed by atoms with E-state index < -0.39 is 0 Å². The van der Waals surface area contributed by atoms with Crippen LogP contribution in [0.5, 0.6) is 5.06 Å². The van der Waals surface area contributed by atoms with E-state index in [0.717, 1.165) is 15.8 Å². The van der Waals surface area contributed by atoms with Gasteiger partial charge in [0.2, 0.25) is 0 Å². The summed E-state index contributed by atoms with van der Waals surface area (Å²) in [6.07, 6.45) is 0. The zero-order chi connectivity index (χ0) is 11.7. The fourth-order valence-electron chi connectivity index (χ4n) is 1.74. The van der Waals surface area contributed by atoms with Crippen molar-refractivity contribution < 1.29 is 4.74 Å². The van der Waals surface area contributed by atoms with Crippen molar-refractivity contribution in [2.45, 2.75) is 20.8 Å². The normalized spacial score (nSPS) is 10.5. The second kappa shape index (κ2) is 4.26. The van der Waals surface area contributed by atoms with Gasteiger partial charge in [0, 0.05) is 5.56 Å². The van der Waals surface area contributed by atoms with E-state index in [4.69, 9.17) is 4.74 Å². The Balaban J connectivity index is 2.50. The van der Waals surface area contributed by atoms with Crippen LogP contribution in [0.3, 0.4) is 0 Å². The summed E-state index contributed by atoms with van der Waals surface area (Å²) < 4.78 is 5.27. The van der Waals surface area contributed by atoms with Crippen molar-refractivity contribution >= 4 is 11.3 Å². The maximum atomic E-state index is 5.27. The minimum Gasteiger partial charge on any atom is -0.486 e. The molecule has 1 heterocycles. The molecule has 0 fully saturated rings. The van der Waals surface area contributed by atoms with Crippen LogP contribution in [0.2, 0.25) is 0 Å². The van der Waals surface area contributed by atoms with Crippen LogP contribution in [-0.4, -0.2) is 12.1 Å². The molecule has 2 nitrogen and oxygen atoms in total. The van der Waals surface area contributed by atoms with E-state index in [1.165, 1.54) is 16.7 Å². The highest BCUT2D eigenvalue weighted by Crippen LogP contribution is 2.34. The number of hydrogen-bond acceptors (Lipinski definition) is 3. The first kappa shape index (κ1) is 11.1. The maximum absolute atomic E-state index is 5.27. The van der Waals surface area contributed by atoms with Crippen LogP contribution >= 0.6 is 11.3 Å². The lowest BCUT2D eigenvalue weighted by atomic mass is 10.1. The summed E-state index contributed by atoms with van der Waals surface area (Å²) in [7, 11) is 1.69. The lowest BCUT2D eigenvalue weighted by Gasteiger charge is -2.02. The van der Waals surface area contributed by atoms with E-state index >= 15 is 0 Å². The van der Waals surface area contributed by atoms with Gasteiger partial charge in [-0.3, -0.25) is 0 Å². The zero-order valence-electron chi connectivity index (χ0n) is 10.00. The average molecular weight is 233 g/mol. The molecule has 0 unspecified atom stereocenters. The van der Waals surface area contributed by atoms with E-state index in [9.17, 15) is 0 Å². The summed E-state index contributed by atoms with van der Waals surface area (Å²) >= 11 is 1.60. The van der Waals surface area contributed by atoms with Crippen LogP contribution in [0.1, 0.15) is 16.8 Å². The van der Waals surface area contributed by atoms with Crippen LogP contribution in [0, 0.1) is 20.8 Å². The van der Waals surface area contributed by atoms with Crippen molar-refractivity contribution in [3.8, 4) is 15.6 Å². The Labute approximate surface area is 99.9 Å². The first-order valence-corrected chi connectivity index (χ1v) is 6.02. The second-order valence-corrected chi connectivity index (χ2v) is 4.88. The molecule has 0 saturated heterocycles. The molecule has 0 bridgehead atoms. The Kier molecular flexibility index (Phi) is 2.97. The number of thiazole rings is 1. The third kappa shape index (κ3) is 1.95. The Hall–Kier alpha value is -1.35. The summed E-state index contributed by atoms with van der Waals surface area (Å²) in [6.45, 7) is 6.19. The highest BCUT2D eigenvalue weighted by atomic mass is 32.1. The summed E-state index contributed by atoms with van der Waals surface area (Å²) in [5.74, 6) is 0. The molecular weight excluding hydrogens is 218 g/mol. The van der Waals surface area contributed by atoms with E-state index in [1.54, 1.807) is 18.4 Å². The Morgan fingerprint density at radius 1 is 1.19 bits per heavy atom. The van der Waals surface area contributed by atoms with Crippen molar-refractivity contribution in [3.63, 3.8) is 0 Å². The van der Waals surface area contributed by atoms with Gasteiger partial charge in [-0.15, -0.1) is 0 Å². The number of ether oxygens (including phenoxy) is 1. The summed E-state index contributed by atoms with van der Waals surface area (Å²) in [4.78, 5) is 4.54. The second-order valence-electron chi connectivity index (χ2n) is 3.91. The van der Waals surface area contributed by atoms with Crippen LogP contribution in [-0.2, 0) is 0 Å². The molecule has 0 saturated carbocycles. The van der Waals surface area contributed by atoms with Crippen LogP contribution in [0.25, 0.3) is 10.6 Å². The first-order valence-electron chi connectivity index (χ1n) is 5.21. The fourth-order valence-corrected chi connectivity index (χ4v) is 2.71. The van der Waals surface area contributed by atoms with E-state index in [1.807, 2.05) is 6.92 Å². The molecule has 0 aliphatic carbocycles. The maximum Gasteiger partial charge on any atom is 0.197 e. The number of methoxy groups -OCH3 is 1. The minimum atomic E-state index is 0.898. The van der Waals surface area contributed by atoms with Gasteiger partial charge in [-0.05, 0) is 26.3 Å². The topological polar surface area (TPSA) is 22.1 Å². The molecule has 3 heteroatoms. The SMILES string of the molecule is COc1sc(-c2ccc(C)cc2C)nc1C. The van der Waals surface area contributed by atoms with Gasteiger partial charge >= 0.3 is 0 Å². The van der Waals surface area contributed by atoms with Gasteiger partial charge in [0.25, 0.3) is 0 Å². The summed E-state index contributed by atoms with van der Waals surface area (Å²) in [6, 6.07) is 6.42.